The van der Waals surface area contributed by atoms with Crippen LogP contribution in [0.3, 0.4) is 0 Å². The highest BCUT2D eigenvalue weighted by molar-refractivity contribution is 5.93. The van der Waals surface area contributed by atoms with Crippen molar-refractivity contribution in [3.05, 3.63) is 75.3 Å². The Morgan fingerprint density at radius 1 is 1.20 bits per heavy atom. The highest BCUT2D eigenvalue weighted by Crippen LogP contribution is 2.27. The molecule has 3 aromatic rings. The maximum absolute atomic E-state index is 10.9. The van der Waals surface area contributed by atoms with Gasteiger partial charge in [0.25, 0.3) is 11.5 Å². The molecule has 1 aliphatic rings. The van der Waals surface area contributed by atoms with Gasteiger partial charge in [-0.05, 0) is 48.4 Å². The number of fused-ring (bicyclic) bond motifs is 1. The number of aromatic amines is 1. The Hall–Kier alpha value is -3.76. The zero-order valence-electron chi connectivity index (χ0n) is 16.6. The summed E-state index contributed by atoms with van der Waals surface area (Å²) < 4.78 is 5.49. The number of nitrogens with one attached hydrogen (secondary N) is 1. The van der Waals surface area contributed by atoms with Crippen LogP contribution >= 0.6 is 0 Å². The van der Waals surface area contributed by atoms with Crippen LogP contribution in [0.25, 0.3) is 22.6 Å². The minimum atomic E-state index is -0.448. The zero-order chi connectivity index (χ0) is 21.1. The van der Waals surface area contributed by atoms with Gasteiger partial charge in [-0.15, -0.1) is 0 Å². The Labute approximate surface area is 174 Å². The van der Waals surface area contributed by atoms with Gasteiger partial charge in [0.1, 0.15) is 18.6 Å². The number of rotatable bonds is 4. The molecular weight excluding hydrogens is 380 g/mol. The Balaban J connectivity index is 1.83. The largest absolute Gasteiger partial charge is 0.373 e. The molecule has 2 aromatic carbocycles. The summed E-state index contributed by atoms with van der Waals surface area (Å²) in [5.74, 6) is 0.936. The standard InChI is InChI=1S/C23H20N4O3/c1-16-2-3-18-13-19(23(25-22(18)12-16)26-8-10-30-11-9-26)14-20(15-24)17-4-6-21(7-5-17)27(28)29/h2-7,12-14H,8-11H2,1H3/p+1/b20-14+. The lowest BCUT2D eigenvalue weighted by Crippen LogP contribution is -2.40. The highest BCUT2D eigenvalue weighted by Gasteiger charge is 2.23. The van der Waals surface area contributed by atoms with E-state index in [0.717, 1.165) is 35.4 Å². The number of allylic oxidation sites excluding steroid dienone is 1. The number of hydrogen-bond donors (Lipinski definition) is 0. The van der Waals surface area contributed by atoms with Crippen LogP contribution in [0.15, 0.2) is 48.5 Å². The molecule has 0 amide bonds. The predicted octanol–water partition coefficient (Wildman–Crippen LogP) is 3.77. The molecule has 150 valence electrons. The van der Waals surface area contributed by atoms with Crippen LogP contribution in [-0.2, 0) is 4.74 Å². The van der Waals surface area contributed by atoms with E-state index in [9.17, 15) is 15.4 Å². The van der Waals surface area contributed by atoms with Gasteiger partial charge in [-0.2, -0.15) is 5.26 Å². The number of non-ortho nitro benzene ring substituents is 1. The molecule has 7 nitrogen and oxygen atoms in total. The van der Waals surface area contributed by atoms with Gasteiger partial charge in [0.15, 0.2) is 0 Å². The number of nitrogens with zero attached hydrogens (tertiary/aromatic N) is 3. The Bertz CT molecular complexity index is 1170. The van der Waals surface area contributed by atoms with Crippen LogP contribution in [-0.4, -0.2) is 31.2 Å². The lowest BCUT2D eigenvalue weighted by molar-refractivity contribution is -0.384. The summed E-state index contributed by atoms with van der Waals surface area (Å²) in [7, 11) is 0. The summed E-state index contributed by atoms with van der Waals surface area (Å²) in [5, 5.41) is 21.7. The molecule has 1 N–H and O–H groups in total. The van der Waals surface area contributed by atoms with Crippen LogP contribution in [0.2, 0.25) is 0 Å². The first-order valence-corrected chi connectivity index (χ1v) is 9.71. The van der Waals surface area contributed by atoms with Gasteiger partial charge in [0.2, 0.25) is 0 Å². The first-order chi connectivity index (χ1) is 14.5. The average Bonchev–Trinajstić information content (AvgIpc) is 2.77. The molecule has 0 radical (unpaired) electrons. The summed E-state index contributed by atoms with van der Waals surface area (Å²) >= 11 is 0. The first kappa shape index (κ1) is 19.6. The molecule has 2 heterocycles. The number of aryl methyl sites for hydroxylation is 1. The fourth-order valence-corrected chi connectivity index (χ4v) is 3.60. The molecule has 0 aliphatic carbocycles. The molecule has 0 bridgehead atoms. The van der Waals surface area contributed by atoms with Crippen molar-refractivity contribution in [1.29, 1.82) is 5.26 Å². The van der Waals surface area contributed by atoms with Gasteiger partial charge in [-0.3, -0.25) is 15.0 Å². The Morgan fingerprint density at radius 3 is 2.60 bits per heavy atom. The summed E-state index contributed by atoms with van der Waals surface area (Å²) in [6.07, 6.45) is 1.84. The second-order valence-corrected chi connectivity index (χ2v) is 7.24. The molecule has 1 aliphatic heterocycles. The molecule has 0 spiro atoms. The second-order valence-electron chi connectivity index (χ2n) is 7.24. The maximum Gasteiger partial charge on any atom is 0.282 e. The lowest BCUT2D eigenvalue weighted by atomic mass is 10.0. The molecule has 1 saturated heterocycles. The van der Waals surface area contributed by atoms with Crippen molar-refractivity contribution in [2.24, 2.45) is 0 Å². The SMILES string of the molecule is Cc1ccc2cc(/C=C(\C#N)c3ccc([N+](=O)[O-])cc3)c(N3CCOCC3)[nH+]c2c1. The van der Waals surface area contributed by atoms with Crippen LogP contribution in [0.1, 0.15) is 16.7 Å². The van der Waals surface area contributed by atoms with Gasteiger partial charge >= 0.3 is 0 Å². The van der Waals surface area contributed by atoms with Crippen molar-refractivity contribution in [1.82, 2.24) is 0 Å². The van der Waals surface area contributed by atoms with E-state index in [1.165, 1.54) is 17.7 Å². The van der Waals surface area contributed by atoms with Crippen LogP contribution in [0, 0.1) is 28.4 Å². The highest BCUT2D eigenvalue weighted by atomic mass is 16.6. The molecular formula is C23H21N4O3+. The van der Waals surface area contributed by atoms with E-state index in [4.69, 9.17) is 4.74 Å². The summed E-state index contributed by atoms with van der Waals surface area (Å²) in [6.45, 7) is 4.87. The van der Waals surface area contributed by atoms with E-state index in [1.807, 2.05) is 6.08 Å². The fraction of sp³-hybridized carbons (Fsp3) is 0.217. The fourth-order valence-electron chi connectivity index (χ4n) is 3.60. The Kier molecular flexibility index (Phi) is 5.42. The number of hydrogen-bond acceptors (Lipinski definition) is 5. The number of morpholine rings is 1. The minimum Gasteiger partial charge on any atom is -0.373 e. The topological polar surface area (TPSA) is 93.5 Å². The van der Waals surface area contributed by atoms with Gasteiger partial charge in [0.05, 0.1) is 35.3 Å². The second kappa shape index (κ2) is 8.31. The number of H-pyrrole nitrogens is 1. The first-order valence-electron chi connectivity index (χ1n) is 9.71. The third-order valence-corrected chi connectivity index (χ3v) is 5.18. The van der Waals surface area contributed by atoms with Crippen molar-refractivity contribution in [2.45, 2.75) is 6.92 Å². The van der Waals surface area contributed by atoms with Gasteiger partial charge in [-0.25, -0.2) is 4.98 Å². The van der Waals surface area contributed by atoms with E-state index >= 15 is 0 Å². The number of ether oxygens (including phenoxy) is 1. The van der Waals surface area contributed by atoms with Crippen LogP contribution < -0.4 is 9.88 Å². The van der Waals surface area contributed by atoms with Crippen LogP contribution in [0.4, 0.5) is 11.5 Å². The molecule has 0 atom stereocenters. The number of aromatic nitrogens is 1. The van der Waals surface area contributed by atoms with Gasteiger partial charge in [-0.1, -0.05) is 12.1 Å². The van der Waals surface area contributed by atoms with Crippen LogP contribution in [0.5, 0.6) is 0 Å². The lowest BCUT2D eigenvalue weighted by Gasteiger charge is -2.23. The quantitative estimate of drug-likeness (QED) is 0.377. The third-order valence-electron chi connectivity index (χ3n) is 5.18. The molecule has 4 rings (SSSR count). The molecule has 1 fully saturated rings. The van der Waals surface area contributed by atoms with Crippen molar-refractivity contribution in [2.75, 3.05) is 31.2 Å². The smallest absolute Gasteiger partial charge is 0.282 e. The van der Waals surface area contributed by atoms with E-state index in [0.29, 0.717) is 24.4 Å². The van der Waals surface area contributed by atoms with Gasteiger partial charge < -0.3 is 4.74 Å². The normalized spacial score (nSPS) is 14.5. The van der Waals surface area contributed by atoms with E-state index < -0.39 is 4.92 Å². The minimum absolute atomic E-state index is 0.000506. The predicted molar refractivity (Wildman–Crippen MR) is 115 cm³/mol. The summed E-state index contributed by atoms with van der Waals surface area (Å²) in [6, 6.07) is 16.6. The number of nitro groups is 1. The molecule has 30 heavy (non-hydrogen) atoms. The molecule has 1 aromatic heterocycles. The van der Waals surface area contributed by atoms with Crippen molar-refractivity contribution < 1.29 is 14.6 Å². The van der Waals surface area contributed by atoms with E-state index in [2.05, 4.69) is 47.1 Å². The van der Waals surface area contributed by atoms with E-state index in [1.54, 1.807) is 12.1 Å². The summed E-state index contributed by atoms with van der Waals surface area (Å²) in [5.41, 5.74) is 4.17. The Morgan fingerprint density at radius 2 is 1.93 bits per heavy atom. The van der Waals surface area contributed by atoms with Crippen molar-refractivity contribution >= 4 is 34.1 Å². The number of anilines is 1. The van der Waals surface area contributed by atoms with Crippen molar-refractivity contribution in [3.63, 3.8) is 0 Å². The van der Waals surface area contributed by atoms with Crippen molar-refractivity contribution in [3.8, 4) is 6.07 Å². The molecule has 7 heteroatoms. The molecule has 0 unspecified atom stereocenters. The van der Waals surface area contributed by atoms with Gasteiger partial charge in [0, 0.05) is 17.5 Å². The third kappa shape index (κ3) is 4.00. The molecule has 0 saturated carbocycles. The number of benzene rings is 2. The zero-order valence-corrected chi connectivity index (χ0v) is 16.6. The number of nitro benzene ring substituents is 1. The monoisotopic (exact) mass is 401 g/mol. The maximum atomic E-state index is 10.9. The van der Waals surface area contributed by atoms with E-state index in [-0.39, 0.29) is 5.69 Å². The summed E-state index contributed by atoms with van der Waals surface area (Å²) in [4.78, 5) is 16.2. The number of pyridine rings is 1. The number of nitriles is 1. The average molecular weight is 401 g/mol.